The molecule has 0 aromatic carbocycles. The maximum atomic E-state index is 12.0. The molecule has 0 unspecified atom stereocenters. The van der Waals surface area contributed by atoms with Crippen molar-refractivity contribution in [3.8, 4) is 0 Å². The largest absolute Gasteiger partial charge is 0.455 e. The second-order valence-corrected chi connectivity index (χ2v) is 6.22. The third kappa shape index (κ3) is 4.43. The van der Waals surface area contributed by atoms with Gasteiger partial charge in [0.15, 0.2) is 0 Å². The number of esters is 2. The number of Topliss-reactive ketones (excluding diaryl/α,β-unsaturated/α-hetero) is 1. The number of carbonyl (C=O) groups excluding carboxylic acids is 3. The fourth-order valence-corrected chi connectivity index (χ4v) is 3.04. The molecule has 0 saturated carbocycles. The van der Waals surface area contributed by atoms with Crippen LogP contribution >= 0.6 is 0 Å². The number of rotatable bonds is 4. The molecule has 0 aromatic heterocycles. The second-order valence-electron chi connectivity index (χ2n) is 6.22. The smallest absolute Gasteiger partial charge is 0.377 e. The van der Waals surface area contributed by atoms with E-state index in [2.05, 4.69) is 6.58 Å². The molecular weight excluding hydrogens is 328 g/mol. The molecule has 1 fully saturated rings. The molecule has 2 rings (SSSR count). The van der Waals surface area contributed by atoms with Crippen LogP contribution in [-0.4, -0.2) is 53.4 Å². The van der Waals surface area contributed by atoms with Crippen LogP contribution in [0.15, 0.2) is 35.5 Å². The summed E-state index contributed by atoms with van der Waals surface area (Å²) in [6.45, 7) is 4.47. The number of allylic oxidation sites excluding steroid dienone is 1. The second kappa shape index (κ2) is 8.22. The highest BCUT2D eigenvalue weighted by Crippen LogP contribution is 2.36. The Labute approximate surface area is 145 Å². The Morgan fingerprint density at radius 3 is 2.76 bits per heavy atom. The Balaban J connectivity index is 2.38. The maximum absolute atomic E-state index is 12.0. The van der Waals surface area contributed by atoms with Gasteiger partial charge in [0, 0.05) is 12.0 Å². The van der Waals surface area contributed by atoms with E-state index in [1.165, 1.54) is 0 Å². The van der Waals surface area contributed by atoms with Crippen molar-refractivity contribution in [3.05, 3.63) is 35.5 Å². The Morgan fingerprint density at radius 2 is 2.12 bits per heavy atom. The van der Waals surface area contributed by atoms with E-state index in [-0.39, 0.29) is 12.2 Å². The van der Waals surface area contributed by atoms with E-state index in [9.17, 15) is 19.5 Å². The first kappa shape index (κ1) is 19.1. The zero-order chi connectivity index (χ0) is 18.6. The van der Waals surface area contributed by atoms with Gasteiger partial charge in [-0.15, -0.1) is 0 Å². The molecule has 1 saturated heterocycles. The Morgan fingerprint density at radius 1 is 1.40 bits per heavy atom. The Hall–Kier alpha value is -2.25. The summed E-state index contributed by atoms with van der Waals surface area (Å²) < 4.78 is 10.6. The molecule has 0 radical (unpaired) electrons. The third-order valence-corrected chi connectivity index (χ3v) is 4.38. The van der Waals surface area contributed by atoms with Crippen molar-refractivity contribution in [2.45, 2.75) is 38.4 Å². The average Bonchev–Trinajstić information content (AvgIpc) is 2.86. The van der Waals surface area contributed by atoms with Gasteiger partial charge in [-0.3, -0.25) is 4.79 Å². The lowest BCUT2D eigenvalue weighted by molar-refractivity contribution is -0.161. The molecule has 136 valence electrons. The molecule has 25 heavy (non-hydrogen) atoms. The number of hydrogen-bond donors (Lipinski definition) is 2. The SMILES string of the molecule is C=C1C(=O)O[C@@H]2/C=C(\CO)CC/C=C(\C)C[C@H](OC(=O)C(=O)CO)[C@@H]12. The first-order valence-corrected chi connectivity index (χ1v) is 8.07. The van der Waals surface area contributed by atoms with Crippen LogP contribution in [0.25, 0.3) is 0 Å². The normalized spacial score (nSPS) is 31.1. The summed E-state index contributed by atoms with van der Waals surface area (Å²) in [5.74, 6) is -3.47. The number of hydrogen-bond acceptors (Lipinski definition) is 7. The summed E-state index contributed by atoms with van der Waals surface area (Å²) >= 11 is 0. The molecule has 7 nitrogen and oxygen atoms in total. The minimum atomic E-state index is -1.16. The number of fused-ring (bicyclic) bond motifs is 1. The lowest BCUT2D eigenvalue weighted by atomic mass is 9.85. The topological polar surface area (TPSA) is 110 Å². The summed E-state index contributed by atoms with van der Waals surface area (Å²) in [5, 5.41) is 18.3. The summed E-state index contributed by atoms with van der Waals surface area (Å²) in [4.78, 5) is 35.2. The molecule has 1 aliphatic heterocycles. The molecule has 0 aromatic rings. The van der Waals surface area contributed by atoms with Crippen molar-refractivity contribution in [2.24, 2.45) is 5.92 Å². The number of aliphatic hydroxyl groups excluding tert-OH is 2. The van der Waals surface area contributed by atoms with E-state index >= 15 is 0 Å². The molecule has 3 atom stereocenters. The fourth-order valence-electron chi connectivity index (χ4n) is 3.04. The van der Waals surface area contributed by atoms with Crippen LogP contribution in [0.3, 0.4) is 0 Å². The predicted octanol–water partition coefficient (Wildman–Crippen LogP) is 0.606. The highest BCUT2D eigenvalue weighted by Gasteiger charge is 2.44. The van der Waals surface area contributed by atoms with Gasteiger partial charge in [-0.25, -0.2) is 9.59 Å². The van der Waals surface area contributed by atoms with Crippen molar-refractivity contribution in [2.75, 3.05) is 13.2 Å². The molecule has 1 heterocycles. The Kier molecular flexibility index (Phi) is 6.27. The zero-order valence-electron chi connectivity index (χ0n) is 14.1. The molecule has 0 amide bonds. The minimum Gasteiger partial charge on any atom is -0.455 e. The molecule has 7 heteroatoms. The monoisotopic (exact) mass is 350 g/mol. The lowest BCUT2D eigenvalue weighted by Crippen LogP contribution is -2.36. The summed E-state index contributed by atoms with van der Waals surface area (Å²) in [6, 6.07) is 0. The third-order valence-electron chi connectivity index (χ3n) is 4.38. The molecular formula is C18H22O7. The van der Waals surface area contributed by atoms with Gasteiger partial charge in [-0.2, -0.15) is 0 Å². The maximum Gasteiger partial charge on any atom is 0.377 e. The van der Waals surface area contributed by atoms with Crippen molar-refractivity contribution in [1.29, 1.82) is 0 Å². The molecule has 1 aliphatic carbocycles. The molecule has 0 bridgehead atoms. The van der Waals surface area contributed by atoms with Gasteiger partial charge in [0.25, 0.3) is 5.78 Å². The Bertz CT molecular complexity index is 644. The zero-order valence-corrected chi connectivity index (χ0v) is 14.1. The van der Waals surface area contributed by atoms with Crippen LogP contribution in [-0.2, 0) is 23.9 Å². The summed E-state index contributed by atoms with van der Waals surface area (Å²) in [7, 11) is 0. The fraction of sp³-hybridized carbons (Fsp3) is 0.500. The van der Waals surface area contributed by atoms with Gasteiger partial charge in [0.05, 0.1) is 12.5 Å². The van der Waals surface area contributed by atoms with Crippen LogP contribution in [0.4, 0.5) is 0 Å². The van der Waals surface area contributed by atoms with Crippen molar-refractivity contribution < 1.29 is 34.1 Å². The quantitative estimate of drug-likeness (QED) is 0.331. The molecule has 2 N–H and O–H groups in total. The van der Waals surface area contributed by atoms with Crippen LogP contribution < -0.4 is 0 Å². The number of carbonyl (C=O) groups is 3. The highest BCUT2D eigenvalue weighted by atomic mass is 16.6. The van der Waals surface area contributed by atoms with Gasteiger partial charge < -0.3 is 19.7 Å². The van der Waals surface area contributed by atoms with Crippen molar-refractivity contribution in [3.63, 3.8) is 0 Å². The van der Waals surface area contributed by atoms with Gasteiger partial charge in [-0.1, -0.05) is 18.2 Å². The number of ketones is 1. The molecule has 0 spiro atoms. The van der Waals surface area contributed by atoms with Crippen LogP contribution in [0.5, 0.6) is 0 Å². The summed E-state index contributed by atoms with van der Waals surface area (Å²) in [6.07, 6.45) is 3.66. The predicted molar refractivity (Wildman–Crippen MR) is 87.3 cm³/mol. The highest BCUT2D eigenvalue weighted by molar-refractivity contribution is 6.34. The van der Waals surface area contributed by atoms with E-state index in [1.807, 2.05) is 13.0 Å². The van der Waals surface area contributed by atoms with Crippen molar-refractivity contribution in [1.82, 2.24) is 0 Å². The first-order chi connectivity index (χ1) is 11.9. The van der Waals surface area contributed by atoms with Gasteiger partial charge in [-0.05, 0) is 31.4 Å². The molecule has 2 aliphatic rings. The standard InChI is InChI=1S/C18H22O7/c1-10-4-3-5-12(8-19)7-15-16(11(2)17(22)24-15)14(6-10)25-18(23)13(21)9-20/h4,7,14-16,19-20H,2-3,5-6,8-9H2,1H3/b10-4+,12-7-/t14-,15+,16+/m0/s1. The van der Waals surface area contributed by atoms with E-state index in [0.29, 0.717) is 24.8 Å². The number of ether oxygens (including phenoxy) is 2. The van der Waals surface area contributed by atoms with E-state index in [0.717, 1.165) is 5.57 Å². The summed E-state index contributed by atoms with van der Waals surface area (Å²) in [5.41, 5.74) is 1.78. The lowest BCUT2D eigenvalue weighted by Gasteiger charge is -2.27. The van der Waals surface area contributed by atoms with Crippen LogP contribution in [0.2, 0.25) is 0 Å². The van der Waals surface area contributed by atoms with E-state index in [1.54, 1.807) is 6.08 Å². The van der Waals surface area contributed by atoms with Crippen LogP contribution in [0.1, 0.15) is 26.2 Å². The van der Waals surface area contributed by atoms with Crippen LogP contribution in [0, 0.1) is 5.92 Å². The average molecular weight is 350 g/mol. The van der Waals surface area contributed by atoms with Gasteiger partial charge >= 0.3 is 11.9 Å². The van der Waals surface area contributed by atoms with Gasteiger partial charge in [0.1, 0.15) is 18.8 Å². The van der Waals surface area contributed by atoms with E-state index in [4.69, 9.17) is 14.6 Å². The minimum absolute atomic E-state index is 0.154. The first-order valence-electron chi connectivity index (χ1n) is 8.07. The van der Waals surface area contributed by atoms with E-state index < -0.39 is 42.5 Å². The van der Waals surface area contributed by atoms with Crippen molar-refractivity contribution >= 4 is 17.7 Å². The number of aliphatic hydroxyl groups is 2. The van der Waals surface area contributed by atoms with Gasteiger partial charge in [0.2, 0.25) is 0 Å².